The van der Waals surface area contributed by atoms with Crippen molar-refractivity contribution in [2.24, 2.45) is 4.99 Å². The zero-order valence-electron chi connectivity index (χ0n) is 9.55. The number of aliphatic carboxylic acids is 1. The van der Waals surface area contributed by atoms with E-state index in [2.05, 4.69) is 10.3 Å². The van der Waals surface area contributed by atoms with Gasteiger partial charge in [-0.05, 0) is 0 Å². The molecule has 0 aromatic rings. The van der Waals surface area contributed by atoms with Crippen LogP contribution in [0.15, 0.2) is 4.99 Å². The first-order valence-corrected chi connectivity index (χ1v) is 5.19. The van der Waals surface area contributed by atoms with Crippen molar-refractivity contribution in [1.82, 2.24) is 5.32 Å². The first-order valence-electron chi connectivity index (χ1n) is 5.19. The SMILES string of the molecule is C1=NCCN1.O=C(O)C(O)C(O)C(O)C(O)CO. The number of rotatable bonds is 5. The van der Waals surface area contributed by atoms with Gasteiger partial charge < -0.3 is 36.0 Å². The van der Waals surface area contributed by atoms with Crippen molar-refractivity contribution >= 4 is 12.3 Å². The molecule has 9 nitrogen and oxygen atoms in total. The molecule has 4 atom stereocenters. The van der Waals surface area contributed by atoms with E-state index in [1.807, 2.05) is 0 Å². The van der Waals surface area contributed by atoms with Crippen molar-refractivity contribution in [2.75, 3.05) is 19.7 Å². The van der Waals surface area contributed by atoms with Crippen LogP contribution in [0.4, 0.5) is 0 Å². The molecule has 0 saturated carbocycles. The number of hydrogen-bond acceptors (Lipinski definition) is 8. The van der Waals surface area contributed by atoms with Gasteiger partial charge in [0.15, 0.2) is 6.10 Å². The van der Waals surface area contributed by atoms with E-state index in [-0.39, 0.29) is 0 Å². The predicted octanol–water partition coefficient (Wildman–Crippen LogP) is -3.88. The molecule has 0 aromatic heterocycles. The second-order valence-electron chi connectivity index (χ2n) is 3.50. The summed E-state index contributed by atoms with van der Waals surface area (Å²) in [5, 5.41) is 54.7. The van der Waals surface area contributed by atoms with Crippen molar-refractivity contribution < 1.29 is 35.4 Å². The van der Waals surface area contributed by atoms with E-state index in [0.29, 0.717) is 0 Å². The average molecular weight is 266 g/mol. The standard InChI is InChI=1S/C6H12O7.C3H6N2/c7-1-2(8)3(9)4(10)5(11)6(12)13;1-2-5-3-4-1/h2-5,7-11H,1H2,(H,12,13);3H,1-2H2,(H,4,5). The number of hydrogen-bond donors (Lipinski definition) is 7. The maximum Gasteiger partial charge on any atom is 0.335 e. The first-order chi connectivity index (χ1) is 8.41. The normalized spacial score (nSPS) is 20.1. The van der Waals surface area contributed by atoms with Crippen LogP contribution in [0.3, 0.4) is 0 Å². The zero-order chi connectivity index (χ0) is 14.1. The molecule has 0 amide bonds. The third-order valence-electron chi connectivity index (χ3n) is 2.08. The zero-order valence-corrected chi connectivity index (χ0v) is 9.55. The Morgan fingerprint density at radius 3 is 2.17 bits per heavy atom. The molecule has 4 unspecified atom stereocenters. The molecule has 1 rings (SSSR count). The number of carbonyl (C=O) groups is 1. The van der Waals surface area contributed by atoms with Crippen LogP contribution >= 0.6 is 0 Å². The van der Waals surface area contributed by atoms with E-state index in [4.69, 9.17) is 30.6 Å². The summed E-state index contributed by atoms with van der Waals surface area (Å²) in [6, 6.07) is 0. The summed E-state index contributed by atoms with van der Waals surface area (Å²) in [6.07, 6.45) is -6.10. The molecule has 1 aliphatic heterocycles. The minimum Gasteiger partial charge on any atom is -0.479 e. The minimum atomic E-state index is -2.20. The number of carboxylic acids is 1. The Morgan fingerprint density at radius 1 is 1.28 bits per heavy atom. The van der Waals surface area contributed by atoms with Crippen LogP contribution in [0.25, 0.3) is 0 Å². The highest BCUT2D eigenvalue weighted by atomic mass is 16.4. The molecule has 0 fully saturated rings. The monoisotopic (exact) mass is 266 g/mol. The lowest BCUT2D eigenvalue weighted by molar-refractivity contribution is -0.164. The molecule has 7 N–H and O–H groups in total. The molecule has 106 valence electrons. The fourth-order valence-corrected chi connectivity index (χ4v) is 0.991. The van der Waals surface area contributed by atoms with Gasteiger partial charge >= 0.3 is 5.97 Å². The van der Waals surface area contributed by atoms with Gasteiger partial charge in [-0.3, -0.25) is 4.99 Å². The topological polar surface area (TPSA) is 163 Å². The molecule has 0 aliphatic carbocycles. The van der Waals surface area contributed by atoms with Crippen LogP contribution in [-0.4, -0.2) is 87.1 Å². The smallest absolute Gasteiger partial charge is 0.335 e. The third kappa shape index (κ3) is 5.89. The molecule has 1 heterocycles. The average Bonchev–Trinajstić information content (AvgIpc) is 2.93. The quantitative estimate of drug-likeness (QED) is 0.266. The van der Waals surface area contributed by atoms with Crippen LogP contribution < -0.4 is 5.32 Å². The van der Waals surface area contributed by atoms with Gasteiger partial charge in [0.05, 0.1) is 19.5 Å². The third-order valence-corrected chi connectivity index (χ3v) is 2.08. The van der Waals surface area contributed by atoms with Gasteiger partial charge in [0, 0.05) is 6.54 Å². The van der Waals surface area contributed by atoms with Gasteiger partial charge in [0.25, 0.3) is 0 Å². The van der Waals surface area contributed by atoms with E-state index in [1.165, 1.54) is 0 Å². The lowest BCUT2D eigenvalue weighted by Crippen LogP contribution is -2.48. The second-order valence-corrected chi connectivity index (χ2v) is 3.50. The fraction of sp³-hybridized carbons (Fsp3) is 0.778. The van der Waals surface area contributed by atoms with Crippen LogP contribution in [0.5, 0.6) is 0 Å². The summed E-state index contributed by atoms with van der Waals surface area (Å²) in [5.74, 6) is -1.73. The summed E-state index contributed by atoms with van der Waals surface area (Å²) in [6.45, 7) is 1.14. The number of aliphatic hydroxyl groups is 5. The summed E-state index contributed by atoms with van der Waals surface area (Å²) < 4.78 is 0. The molecule has 0 radical (unpaired) electrons. The Kier molecular flexibility index (Phi) is 8.16. The first kappa shape index (κ1) is 16.7. The van der Waals surface area contributed by atoms with Crippen LogP contribution in [0, 0.1) is 0 Å². The second kappa shape index (κ2) is 8.78. The van der Waals surface area contributed by atoms with Crippen LogP contribution in [0.1, 0.15) is 0 Å². The Balaban J connectivity index is 0.000000473. The maximum atomic E-state index is 10.1. The number of carboxylic acid groups (broad SMARTS) is 1. The van der Waals surface area contributed by atoms with Gasteiger partial charge in [-0.2, -0.15) is 0 Å². The van der Waals surface area contributed by atoms with Crippen molar-refractivity contribution in [3.63, 3.8) is 0 Å². The van der Waals surface area contributed by atoms with Gasteiger partial charge in [0.1, 0.15) is 18.3 Å². The predicted molar refractivity (Wildman–Crippen MR) is 60.1 cm³/mol. The summed E-state index contributed by atoms with van der Waals surface area (Å²) in [4.78, 5) is 13.9. The highest BCUT2D eigenvalue weighted by molar-refractivity contribution is 5.72. The Hall–Kier alpha value is -1.26. The lowest BCUT2D eigenvalue weighted by Gasteiger charge is -2.23. The Labute approximate surface area is 103 Å². The maximum absolute atomic E-state index is 10.1. The van der Waals surface area contributed by atoms with Crippen molar-refractivity contribution in [3.8, 4) is 0 Å². The largest absolute Gasteiger partial charge is 0.479 e. The van der Waals surface area contributed by atoms with Crippen molar-refractivity contribution in [2.45, 2.75) is 24.4 Å². The number of aliphatic hydroxyl groups excluding tert-OH is 5. The summed E-state index contributed by atoms with van der Waals surface area (Å²) >= 11 is 0. The van der Waals surface area contributed by atoms with E-state index < -0.39 is 37.0 Å². The lowest BCUT2D eigenvalue weighted by atomic mass is 10.0. The molecule has 0 aromatic carbocycles. The van der Waals surface area contributed by atoms with E-state index in [9.17, 15) is 4.79 Å². The molecule has 18 heavy (non-hydrogen) atoms. The number of nitrogens with zero attached hydrogens (tertiary/aromatic N) is 1. The molecule has 9 heteroatoms. The van der Waals surface area contributed by atoms with Crippen molar-refractivity contribution in [3.05, 3.63) is 0 Å². The van der Waals surface area contributed by atoms with Crippen molar-refractivity contribution in [1.29, 1.82) is 0 Å². The summed E-state index contributed by atoms with van der Waals surface area (Å²) in [7, 11) is 0. The fourth-order valence-electron chi connectivity index (χ4n) is 0.991. The van der Waals surface area contributed by atoms with Crippen LogP contribution in [-0.2, 0) is 4.79 Å². The van der Waals surface area contributed by atoms with Gasteiger partial charge in [-0.25, -0.2) is 4.79 Å². The molecule has 1 aliphatic rings. The van der Waals surface area contributed by atoms with E-state index in [0.717, 1.165) is 13.1 Å². The minimum absolute atomic E-state index is 0.843. The van der Waals surface area contributed by atoms with Gasteiger partial charge in [0.2, 0.25) is 0 Å². The number of nitrogens with one attached hydrogen (secondary N) is 1. The highest BCUT2D eigenvalue weighted by Crippen LogP contribution is 2.04. The highest BCUT2D eigenvalue weighted by Gasteiger charge is 2.33. The Morgan fingerprint density at radius 2 is 1.89 bits per heavy atom. The van der Waals surface area contributed by atoms with Crippen LogP contribution in [0.2, 0.25) is 0 Å². The van der Waals surface area contributed by atoms with Gasteiger partial charge in [-0.15, -0.1) is 0 Å². The van der Waals surface area contributed by atoms with E-state index in [1.54, 1.807) is 6.34 Å². The Bertz CT molecular complexity index is 268. The number of aliphatic imine (C=N–C) groups is 1. The van der Waals surface area contributed by atoms with Gasteiger partial charge in [-0.1, -0.05) is 0 Å². The van der Waals surface area contributed by atoms with E-state index >= 15 is 0 Å². The molecule has 0 saturated heterocycles. The molecular formula is C9H18N2O7. The molecular weight excluding hydrogens is 248 g/mol. The summed E-state index contributed by atoms with van der Waals surface area (Å²) in [5.41, 5.74) is 0. The molecule has 0 bridgehead atoms. The molecule has 0 spiro atoms.